The van der Waals surface area contributed by atoms with Gasteiger partial charge in [-0.05, 0) is 48.5 Å². The minimum absolute atomic E-state index is 0.171. The highest BCUT2D eigenvalue weighted by molar-refractivity contribution is 5.89. The molecule has 0 aliphatic rings. The molecule has 0 aromatic heterocycles. The van der Waals surface area contributed by atoms with E-state index in [0.717, 1.165) is 12.1 Å². The minimum atomic E-state index is -4.36. The van der Waals surface area contributed by atoms with Crippen LogP contribution in [-0.2, 0) is 15.7 Å². The molecule has 2 aromatic rings. The van der Waals surface area contributed by atoms with E-state index in [1.807, 2.05) is 0 Å². The maximum atomic E-state index is 12.5. The molecule has 0 unspecified atom stereocenters. The van der Waals surface area contributed by atoms with Gasteiger partial charge in [0.05, 0.1) is 17.7 Å². The molecule has 0 bridgehead atoms. The van der Waals surface area contributed by atoms with E-state index in [1.54, 1.807) is 24.3 Å². The van der Waals surface area contributed by atoms with Gasteiger partial charge in [0.15, 0.2) is 0 Å². The van der Waals surface area contributed by atoms with Crippen LogP contribution in [-0.4, -0.2) is 26.3 Å². The Bertz CT molecular complexity index is 767. The first kappa shape index (κ1) is 18.6. The van der Waals surface area contributed by atoms with Crippen molar-refractivity contribution < 1.29 is 27.4 Å². The van der Waals surface area contributed by atoms with Crippen LogP contribution >= 0.6 is 0 Å². The fourth-order valence-electron chi connectivity index (χ4n) is 1.88. The molecule has 25 heavy (non-hydrogen) atoms. The van der Waals surface area contributed by atoms with Crippen molar-refractivity contribution in [3.63, 3.8) is 0 Å². The van der Waals surface area contributed by atoms with Crippen LogP contribution in [0.25, 0.3) is 0 Å². The van der Waals surface area contributed by atoms with E-state index < -0.39 is 17.7 Å². The summed E-state index contributed by atoms with van der Waals surface area (Å²) in [6.07, 6.45) is -4.36. The van der Waals surface area contributed by atoms with Crippen LogP contribution < -0.4 is 0 Å². The van der Waals surface area contributed by atoms with Crippen LogP contribution in [0.3, 0.4) is 0 Å². The van der Waals surface area contributed by atoms with Gasteiger partial charge in [0.2, 0.25) is 0 Å². The Hall–Kier alpha value is -2.78. The SMILES string of the molecule is COCCOC(=O)c1ccc(C#Cc2ccc(C(F)(F)F)cc2)cc1. The van der Waals surface area contributed by atoms with Crippen molar-refractivity contribution in [2.45, 2.75) is 6.18 Å². The van der Waals surface area contributed by atoms with Crippen LogP contribution in [0.4, 0.5) is 13.2 Å². The zero-order valence-corrected chi connectivity index (χ0v) is 13.4. The Morgan fingerprint density at radius 3 is 1.92 bits per heavy atom. The van der Waals surface area contributed by atoms with Gasteiger partial charge in [-0.3, -0.25) is 0 Å². The molecule has 3 nitrogen and oxygen atoms in total. The normalized spacial score (nSPS) is 10.7. The average Bonchev–Trinajstić information content (AvgIpc) is 2.60. The Morgan fingerprint density at radius 1 is 0.920 bits per heavy atom. The van der Waals surface area contributed by atoms with E-state index in [9.17, 15) is 18.0 Å². The predicted octanol–water partition coefficient (Wildman–Crippen LogP) is 3.91. The van der Waals surface area contributed by atoms with Crippen LogP contribution in [0.2, 0.25) is 0 Å². The van der Waals surface area contributed by atoms with Gasteiger partial charge in [-0.2, -0.15) is 13.2 Å². The molecule has 2 rings (SSSR count). The topological polar surface area (TPSA) is 35.5 Å². The lowest BCUT2D eigenvalue weighted by atomic mass is 10.1. The first-order valence-electron chi connectivity index (χ1n) is 7.35. The molecule has 0 fully saturated rings. The van der Waals surface area contributed by atoms with Gasteiger partial charge >= 0.3 is 12.1 Å². The lowest BCUT2D eigenvalue weighted by molar-refractivity contribution is -0.137. The summed E-state index contributed by atoms with van der Waals surface area (Å²) >= 11 is 0. The van der Waals surface area contributed by atoms with Gasteiger partial charge in [0, 0.05) is 18.2 Å². The molecule has 0 heterocycles. The third kappa shape index (κ3) is 5.66. The van der Waals surface area contributed by atoms with Crippen molar-refractivity contribution in [3.05, 3.63) is 70.8 Å². The third-order valence-corrected chi connectivity index (χ3v) is 3.20. The molecule has 130 valence electrons. The predicted molar refractivity (Wildman–Crippen MR) is 86.0 cm³/mol. The average molecular weight is 348 g/mol. The maximum absolute atomic E-state index is 12.5. The zero-order chi connectivity index (χ0) is 18.3. The van der Waals surface area contributed by atoms with Crippen molar-refractivity contribution in [3.8, 4) is 11.8 Å². The van der Waals surface area contributed by atoms with Crippen molar-refractivity contribution in [1.29, 1.82) is 0 Å². The van der Waals surface area contributed by atoms with Gasteiger partial charge < -0.3 is 9.47 Å². The van der Waals surface area contributed by atoms with E-state index in [4.69, 9.17) is 9.47 Å². The molecule has 0 radical (unpaired) electrons. The third-order valence-electron chi connectivity index (χ3n) is 3.20. The number of alkyl halides is 3. The summed E-state index contributed by atoms with van der Waals surface area (Å²) in [6, 6.07) is 11.0. The fraction of sp³-hybridized carbons (Fsp3) is 0.211. The summed E-state index contributed by atoms with van der Waals surface area (Å²) < 4.78 is 47.2. The molecule has 0 aliphatic carbocycles. The van der Waals surface area contributed by atoms with Crippen molar-refractivity contribution in [1.82, 2.24) is 0 Å². The largest absolute Gasteiger partial charge is 0.460 e. The van der Waals surface area contributed by atoms with Crippen LogP contribution in [0, 0.1) is 11.8 Å². The number of hydrogen-bond acceptors (Lipinski definition) is 3. The number of hydrogen-bond donors (Lipinski definition) is 0. The Balaban J connectivity index is 2.02. The highest BCUT2D eigenvalue weighted by Gasteiger charge is 2.29. The van der Waals surface area contributed by atoms with Crippen molar-refractivity contribution >= 4 is 5.97 Å². The van der Waals surface area contributed by atoms with Crippen molar-refractivity contribution in [2.24, 2.45) is 0 Å². The number of ether oxygens (including phenoxy) is 2. The maximum Gasteiger partial charge on any atom is 0.416 e. The summed E-state index contributed by atoms with van der Waals surface area (Å²) in [5.74, 6) is 5.16. The molecular weight excluding hydrogens is 333 g/mol. The first-order chi connectivity index (χ1) is 11.9. The number of esters is 1. The van der Waals surface area contributed by atoms with E-state index in [2.05, 4.69) is 11.8 Å². The second-order valence-electron chi connectivity index (χ2n) is 5.03. The quantitative estimate of drug-likeness (QED) is 0.477. The number of carbonyl (C=O) groups is 1. The summed E-state index contributed by atoms with van der Waals surface area (Å²) in [7, 11) is 1.51. The molecule has 2 aromatic carbocycles. The number of benzene rings is 2. The van der Waals surface area contributed by atoms with Gasteiger partial charge in [-0.15, -0.1) is 0 Å². The molecule has 0 aliphatic heterocycles. The molecule has 0 amide bonds. The molecular formula is C19H15F3O3. The van der Waals surface area contributed by atoms with E-state index in [1.165, 1.54) is 19.2 Å². The van der Waals surface area contributed by atoms with Crippen molar-refractivity contribution in [2.75, 3.05) is 20.3 Å². The fourth-order valence-corrected chi connectivity index (χ4v) is 1.88. The second-order valence-corrected chi connectivity index (χ2v) is 5.03. The Morgan fingerprint density at radius 2 is 1.44 bits per heavy atom. The number of methoxy groups -OCH3 is 1. The number of rotatable bonds is 4. The molecule has 0 spiro atoms. The summed E-state index contributed by atoms with van der Waals surface area (Å²) in [5, 5.41) is 0. The standard InChI is InChI=1S/C19H15F3O3/c1-24-12-13-25-18(23)16-8-4-14(5-9-16)2-3-15-6-10-17(11-7-15)19(20,21)22/h4-11H,12-13H2,1H3. The zero-order valence-electron chi connectivity index (χ0n) is 13.4. The Kier molecular flexibility index (Phi) is 6.20. The first-order valence-corrected chi connectivity index (χ1v) is 7.35. The van der Waals surface area contributed by atoms with E-state index >= 15 is 0 Å². The Labute approximate surface area is 143 Å². The smallest absolute Gasteiger partial charge is 0.416 e. The molecule has 0 atom stereocenters. The molecule has 0 N–H and O–H groups in total. The van der Waals surface area contributed by atoms with E-state index in [0.29, 0.717) is 23.3 Å². The van der Waals surface area contributed by atoms with Crippen LogP contribution in [0.5, 0.6) is 0 Å². The van der Waals surface area contributed by atoms with Crippen LogP contribution in [0.1, 0.15) is 27.0 Å². The second kappa shape index (κ2) is 8.36. The van der Waals surface area contributed by atoms with Gasteiger partial charge in [-0.25, -0.2) is 4.79 Å². The molecule has 6 heteroatoms. The lowest BCUT2D eigenvalue weighted by Crippen LogP contribution is -2.09. The van der Waals surface area contributed by atoms with Crippen LogP contribution in [0.15, 0.2) is 48.5 Å². The summed E-state index contributed by atoms with van der Waals surface area (Å²) in [5.41, 5.74) is 0.773. The highest BCUT2D eigenvalue weighted by atomic mass is 19.4. The van der Waals surface area contributed by atoms with Gasteiger partial charge in [0.1, 0.15) is 6.61 Å². The lowest BCUT2D eigenvalue weighted by Gasteiger charge is -2.05. The summed E-state index contributed by atoms with van der Waals surface area (Å²) in [4.78, 5) is 11.7. The molecule has 0 saturated carbocycles. The van der Waals surface area contributed by atoms with Gasteiger partial charge in [-0.1, -0.05) is 11.8 Å². The highest BCUT2D eigenvalue weighted by Crippen LogP contribution is 2.28. The van der Waals surface area contributed by atoms with E-state index in [-0.39, 0.29) is 6.61 Å². The number of halogens is 3. The molecule has 0 saturated heterocycles. The minimum Gasteiger partial charge on any atom is -0.460 e. The monoisotopic (exact) mass is 348 g/mol. The number of carbonyl (C=O) groups excluding carboxylic acids is 1. The summed E-state index contributed by atoms with van der Waals surface area (Å²) in [6.45, 7) is 0.493. The van der Waals surface area contributed by atoms with Gasteiger partial charge in [0.25, 0.3) is 0 Å².